The van der Waals surface area contributed by atoms with Gasteiger partial charge in [-0.2, -0.15) is 12.7 Å². The van der Waals surface area contributed by atoms with E-state index in [1.165, 1.54) is 31.1 Å². The summed E-state index contributed by atoms with van der Waals surface area (Å²) in [6, 6.07) is 20.1. The third kappa shape index (κ3) is 8.76. The molecule has 0 aliphatic heterocycles. The molecule has 1 unspecified atom stereocenters. The highest BCUT2D eigenvalue weighted by atomic mass is 35.5. The van der Waals surface area contributed by atoms with E-state index in [2.05, 4.69) is 5.32 Å². The van der Waals surface area contributed by atoms with Crippen LogP contribution in [0.4, 0.5) is 10.1 Å². The van der Waals surface area contributed by atoms with Gasteiger partial charge in [-0.1, -0.05) is 73.5 Å². The molecule has 1 N–H and O–H groups in total. The van der Waals surface area contributed by atoms with E-state index < -0.39 is 34.5 Å². The molecule has 0 aliphatic carbocycles. The van der Waals surface area contributed by atoms with E-state index in [0.29, 0.717) is 17.1 Å². The molecule has 8 nitrogen and oxygen atoms in total. The van der Waals surface area contributed by atoms with Crippen LogP contribution in [0.15, 0.2) is 78.9 Å². The Kier molecular flexibility index (Phi) is 11.7. The summed E-state index contributed by atoms with van der Waals surface area (Å²) in [5.74, 6) is -1.52. The maximum Gasteiger partial charge on any atom is 0.304 e. The number of benzene rings is 3. The maximum absolute atomic E-state index is 14.1. The zero-order valence-corrected chi connectivity index (χ0v) is 25.0. The van der Waals surface area contributed by atoms with Crippen LogP contribution < -0.4 is 9.62 Å². The third-order valence-electron chi connectivity index (χ3n) is 6.53. The lowest BCUT2D eigenvalue weighted by Gasteiger charge is -2.34. The zero-order chi connectivity index (χ0) is 30.0. The number of halogens is 2. The fourth-order valence-corrected chi connectivity index (χ4v) is 5.45. The van der Waals surface area contributed by atoms with E-state index in [0.717, 1.165) is 39.1 Å². The number of carbonyl (C=O) groups is 2. The zero-order valence-electron chi connectivity index (χ0n) is 23.5. The minimum atomic E-state index is -4.17. The number of unbranched alkanes of at least 4 members (excludes halogenated alkanes) is 1. The Morgan fingerprint density at radius 1 is 0.951 bits per heavy atom. The number of amides is 2. The molecule has 0 bridgehead atoms. The molecule has 0 fully saturated rings. The highest BCUT2D eigenvalue weighted by Crippen LogP contribution is 2.24. The molecule has 0 aliphatic rings. The summed E-state index contributed by atoms with van der Waals surface area (Å²) in [5.41, 5.74) is 1.54. The minimum absolute atomic E-state index is 0.0313. The summed E-state index contributed by atoms with van der Waals surface area (Å²) < 4.78 is 42.3. The fraction of sp³-hybridized carbons (Fsp3) is 0.333. The second-order valence-electron chi connectivity index (χ2n) is 9.74. The highest BCUT2D eigenvalue weighted by molar-refractivity contribution is 7.90. The Balaban J connectivity index is 2.08. The van der Waals surface area contributed by atoms with Gasteiger partial charge in [0.25, 0.3) is 0 Å². The van der Waals surface area contributed by atoms with E-state index in [4.69, 9.17) is 11.6 Å². The molecule has 0 aromatic heterocycles. The van der Waals surface area contributed by atoms with Crippen LogP contribution in [-0.4, -0.2) is 62.7 Å². The van der Waals surface area contributed by atoms with Gasteiger partial charge in [0.15, 0.2) is 0 Å². The first-order chi connectivity index (χ1) is 19.5. The van der Waals surface area contributed by atoms with Crippen LogP contribution in [0.1, 0.15) is 30.9 Å². The molecule has 0 saturated carbocycles. The molecule has 41 heavy (non-hydrogen) atoms. The second-order valence-corrected chi connectivity index (χ2v) is 12.2. The van der Waals surface area contributed by atoms with Crippen molar-refractivity contribution in [3.63, 3.8) is 0 Å². The molecule has 0 heterocycles. The summed E-state index contributed by atoms with van der Waals surface area (Å²) in [6.07, 6.45) is 1.84. The van der Waals surface area contributed by atoms with Gasteiger partial charge >= 0.3 is 10.2 Å². The summed E-state index contributed by atoms with van der Waals surface area (Å²) in [6.45, 7) is 1.79. The number of anilines is 1. The number of hydrogen-bond donors (Lipinski definition) is 1. The first kappa shape index (κ1) is 32.0. The Morgan fingerprint density at radius 3 is 2.20 bits per heavy atom. The molecule has 11 heteroatoms. The van der Waals surface area contributed by atoms with Crippen molar-refractivity contribution in [1.82, 2.24) is 14.5 Å². The van der Waals surface area contributed by atoms with E-state index in [1.807, 2.05) is 37.3 Å². The van der Waals surface area contributed by atoms with Gasteiger partial charge in [0.1, 0.15) is 18.4 Å². The van der Waals surface area contributed by atoms with Crippen molar-refractivity contribution < 1.29 is 22.4 Å². The van der Waals surface area contributed by atoms with Crippen LogP contribution in [0.2, 0.25) is 5.02 Å². The predicted molar refractivity (Wildman–Crippen MR) is 160 cm³/mol. The number of carbonyl (C=O) groups excluding carboxylic acids is 2. The molecule has 3 rings (SSSR count). The van der Waals surface area contributed by atoms with Gasteiger partial charge in [-0.3, -0.25) is 9.59 Å². The van der Waals surface area contributed by atoms with Crippen molar-refractivity contribution in [2.75, 3.05) is 31.5 Å². The van der Waals surface area contributed by atoms with E-state index in [1.54, 1.807) is 24.3 Å². The molecular weight excluding hydrogens is 567 g/mol. The minimum Gasteiger partial charge on any atom is -0.354 e. The summed E-state index contributed by atoms with van der Waals surface area (Å²) >= 11 is 6.46. The normalized spacial score (nSPS) is 12.1. The van der Waals surface area contributed by atoms with Crippen LogP contribution >= 0.6 is 11.6 Å². The Labute approximate surface area is 246 Å². The Hall–Kier alpha value is -3.47. The van der Waals surface area contributed by atoms with Gasteiger partial charge in [-0.15, -0.1) is 0 Å². The van der Waals surface area contributed by atoms with Crippen LogP contribution in [-0.2, 0) is 32.8 Å². The van der Waals surface area contributed by atoms with Crippen LogP contribution in [0.3, 0.4) is 0 Å². The van der Waals surface area contributed by atoms with Gasteiger partial charge in [-0.25, -0.2) is 8.70 Å². The highest BCUT2D eigenvalue weighted by Gasteiger charge is 2.34. The van der Waals surface area contributed by atoms with Crippen LogP contribution in [0, 0.1) is 5.82 Å². The average molecular weight is 603 g/mol. The van der Waals surface area contributed by atoms with Crippen molar-refractivity contribution in [3.05, 3.63) is 101 Å². The van der Waals surface area contributed by atoms with Crippen LogP contribution in [0.5, 0.6) is 0 Å². The standard InChI is InChI=1S/C30H36ClFN4O4S/c1-4-5-19-33-30(38)28(20-23-11-7-6-8-12-23)35(21-24-13-9-10-14-27(24)31)29(37)22-36(41(39,40)34(2)3)26-17-15-25(32)16-18-26/h6-18,28H,4-5,19-22H2,1-3H3,(H,33,38). The molecule has 220 valence electrons. The predicted octanol–water partition coefficient (Wildman–Crippen LogP) is 4.65. The van der Waals surface area contributed by atoms with Gasteiger partial charge < -0.3 is 10.2 Å². The monoisotopic (exact) mass is 602 g/mol. The smallest absolute Gasteiger partial charge is 0.304 e. The number of nitrogens with one attached hydrogen (secondary N) is 1. The largest absolute Gasteiger partial charge is 0.354 e. The molecule has 0 spiro atoms. The average Bonchev–Trinajstić information content (AvgIpc) is 2.95. The molecule has 0 radical (unpaired) electrons. The molecular formula is C30H36ClFN4O4S. The SMILES string of the molecule is CCCCNC(=O)C(Cc1ccccc1)N(Cc1ccccc1Cl)C(=O)CN(c1ccc(F)cc1)S(=O)(=O)N(C)C. The Bertz CT molecular complexity index is 1410. The van der Waals surface area contributed by atoms with Gasteiger partial charge in [-0.05, 0) is 47.9 Å². The summed E-state index contributed by atoms with van der Waals surface area (Å²) in [7, 11) is -1.48. The Morgan fingerprint density at radius 2 is 1.59 bits per heavy atom. The van der Waals surface area contributed by atoms with Crippen molar-refractivity contribution in [2.45, 2.75) is 38.8 Å². The van der Waals surface area contributed by atoms with E-state index in [-0.39, 0.29) is 24.6 Å². The fourth-order valence-electron chi connectivity index (χ4n) is 4.19. The first-order valence-electron chi connectivity index (χ1n) is 13.3. The van der Waals surface area contributed by atoms with Crippen LogP contribution in [0.25, 0.3) is 0 Å². The van der Waals surface area contributed by atoms with Gasteiger partial charge in [0.2, 0.25) is 11.8 Å². The lowest BCUT2D eigenvalue weighted by molar-refractivity contribution is -0.140. The summed E-state index contributed by atoms with van der Waals surface area (Å²) in [5, 5.41) is 3.34. The van der Waals surface area contributed by atoms with Gasteiger partial charge in [0.05, 0.1) is 5.69 Å². The number of hydrogen-bond acceptors (Lipinski definition) is 4. The van der Waals surface area contributed by atoms with E-state index in [9.17, 15) is 22.4 Å². The molecule has 3 aromatic carbocycles. The maximum atomic E-state index is 14.1. The quantitative estimate of drug-likeness (QED) is 0.272. The topological polar surface area (TPSA) is 90.0 Å². The number of nitrogens with zero attached hydrogens (tertiary/aromatic N) is 3. The van der Waals surface area contributed by atoms with Crippen molar-refractivity contribution >= 4 is 39.3 Å². The van der Waals surface area contributed by atoms with Crippen molar-refractivity contribution in [2.24, 2.45) is 0 Å². The molecule has 2 amide bonds. The first-order valence-corrected chi connectivity index (χ1v) is 15.1. The second kappa shape index (κ2) is 15.0. The van der Waals surface area contributed by atoms with Gasteiger partial charge in [0, 0.05) is 38.6 Å². The summed E-state index contributed by atoms with van der Waals surface area (Å²) in [4.78, 5) is 29.1. The third-order valence-corrected chi connectivity index (χ3v) is 8.72. The lowest BCUT2D eigenvalue weighted by Crippen LogP contribution is -2.54. The van der Waals surface area contributed by atoms with E-state index >= 15 is 0 Å². The molecule has 1 atom stereocenters. The lowest BCUT2D eigenvalue weighted by atomic mass is 10.0. The molecule has 0 saturated heterocycles. The molecule has 3 aromatic rings. The van der Waals surface area contributed by atoms with Crippen molar-refractivity contribution in [1.29, 1.82) is 0 Å². The van der Waals surface area contributed by atoms with Crippen molar-refractivity contribution in [3.8, 4) is 0 Å². The number of rotatable bonds is 14.